The largest absolute Gasteiger partial charge is 0.350 e. The first kappa shape index (κ1) is 28.5. The highest BCUT2D eigenvalue weighted by Gasteiger charge is 2.33. The van der Waals surface area contributed by atoms with Crippen LogP contribution in [0.5, 0.6) is 0 Å². The number of rotatable bonds is 9. The van der Waals surface area contributed by atoms with Crippen molar-refractivity contribution in [3.8, 4) is 0 Å². The summed E-state index contributed by atoms with van der Waals surface area (Å²) in [5, 5.41) is 5.08. The third-order valence-electron chi connectivity index (χ3n) is 5.86. The Bertz CT molecular complexity index is 1360. The highest BCUT2D eigenvalue weighted by atomic mass is 35.5. The molecule has 7 nitrogen and oxygen atoms in total. The van der Waals surface area contributed by atoms with Gasteiger partial charge in [0.05, 0.1) is 11.9 Å². The average molecular weight is 544 g/mol. The summed E-state index contributed by atoms with van der Waals surface area (Å²) >= 11 is 6.04. The van der Waals surface area contributed by atoms with Crippen LogP contribution in [0.1, 0.15) is 39.7 Å². The molecule has 0 radical (unpaired) electrons. The molecule has 0 aliphatic carbocycles. The van der Waals surface area contributed by atoms with Crippen molar-refractivity contribution in [1.29, 1.82) is 0 Å². The second-order valence-electron chi connectivity index (χ2n) is 10.1. The van der Waals surface area contributed by atoms with Gasteiger partial charge in [0.15, 0.2) is 0 Å². The number of halogens is 1. The SMILES string of the molecule is CC[C@@H](C(=O)NC(C)(C)C)N(Cc1ccc(Cl)cc1)C(=O)CN(c1cccc2ccccc12)S(C)(=O)=O. The maximum Gasteiger partial charge on any atom is 0.244 e. The maximum absolute atomic E-state index is 13.9. The Morgan fingerprint density at radius 2 is 1.59 bits per heavy atom. The predicted molar refractivity (Wildman–Crippen MR) is 150 cm³/mol. The second kappa shape index (κ2) is 11.5. The van der Waals surface area contributed by atoms with Crippen LogP contribution in [0.15, 0.2) is 66.7 Å². The lowest BCUT2D eigenvalue weighted by Crippen LogP contribution is -2.55. The third-order valence-corrected chi connectivity index (χ3v) is 7.24. The van der Waals surface area contributed by atoms with Crippen LogP contribution < -0.4 is 9.62 Å². The van der Waals surface area contributed by atoms with E-state index in [1.807, 2.05) is 58.0 Å². The minimum absolute atomic E-state index is 0.124. The Morgan fingerprint density at radius 1 is 0.973 bits per heavy atom. The molecule has 9 heteroatoms. The number of anilines is 1. The second-order valence-corrected chi connectivity index (χ2v) is 12.4. The summed E-state index contributed by atoms with van der Waals surface area (Å²) in [6, 6.07) is 19.0. The molecule has 0 aromatic heterocycles. The smallest absolute Gasteiger partial charge is 0.244 e. The standard InChI is InChI=1S/C28H34ClN3O4S/c1-6-24(27(34)30-28(2,3)4)31(18-20-14-16-22(29)17-15-20)26(33)19-32(37(5,35)36)25-13-9-11-21-10-7-8-12-23(21)25/h7-17,24H,6,18-19H2,1-5H3,(H,30,34)/t24-/m0/s1. The summed E-state index contributed by atoms with van der Waals surface area (Å²) in [6.45, 7) is 7.12. The van der Waals surface area contributed by atoms with Gasteiger partial charge in [-0.2, -0.15) is 0 Å². The Morgan fingerprint density at radius 3 is 2.19 bits per heavy atom. The van der Waals surface area contributed by atoms with E-state index in [0.717, 1.165) is 21.5 Å². The van der Waals surface area contributed by atoms with Gasteiger partial charge in [0, 0.05) is 22.5 Å². The van der Waals surface area contributed by atoms with Crippen molar-refractivity contribution >= 4 is 49.9 Å². The molecule has 198 valence electrons. The number of carbonyl (C=O) groups is 2. The Hall–Kier alpha value is -3.10. The van der Waals surface area contributed by atoms with E-state index < -0.39 is 34.1 Å². The van der Waals surface area contributed by atoms with Crippen LogP contribution in [0.3, 0.4) is 0 Å². The lowest BCUT2D eigenvalue weighted by molar-refractivity contribution is -0.141. The number of benzene rings is 3. The summed E-state index contributed by atoms with van der Waals surface area (Å²) in [5.41, 5.74) is 0.685. The fraction of sp³-hybridized carbons (Fsp3) is 0.357. The van der Waals surface area contributed by atoms with Crippen LogP contribution in [-0.4, -0.2) is 49.5 Å². The molecule has 0 aliphatic rings. The zero-order chi connectivity index (χ0) is 27.4. The van der Waals surface area contributed by atoms with Crippen molar-refractivity contribution in [2.24, 2.45) is 0 Å². The molecule has 0 bridgehead atoms. The Labute approximate surface area is 224 Å². The molecule has 3 rings (SSSR count). The van der Waals surface area contributed by atoms with E-state index in [4.69, 9.17) is 11.6 Å². The van der Waals surface area contributed by atoms with Crippen molar-refractivity contribution in [3.63, 3.8) is 0 Å². The van der Waals surface area contributed by atoms with Crippen molar-refractivity contribution in [1.82, 2.24) is 10.2 Å². The van der Waals surface area contributed by atoms with E-state index in [9.17, 15) is 18.0 Å². The van der Waals surface area contributed by atoms with Gasteiger partial charge < -0.3 is 10.2 Å². The van der Waals surface area contributed by atoms with Crippen LogP contribution in [-0.2, 0) is 26.2 Å². The fourth-order valence-electron chi connectivity index (χ4n) is 4.18. The van der Waals surface area contributed by atoms with Gasteiger partial charge in [0.1, 0.15) is 12.6 Å². The van der Waals surface area contributed by atoms with Crippen molar-refractivity contribution in [3.05, 3.63) is 77.3 Å². The Balaban J connectivity index is 2.03. The summed E-state index contributed by atoms with van der Waals surface area (Å²) < 4.78 is 27.0. The molecule has 1 atom stereocenters. The molecule has 0 heterocycles. The summed E-state index contributed by atoms with van der Waals surface area (Å²) in [4.78, 5) is 28.6. The summed E-state index contributed by atoms with van der Waals surface area (Å²) in [6.07, 6.45) is 1.43. The molecule has 1 N–H and O–H groups in total. The van der Waals surface area contributed by atoms with Gasteiger partial charge in [-0.15, -0.1) is 0 Å². The molecule has 37 heavy (non-hydrogen) atoms. The molecular formula is C28H34ClN3O4S. The van der Waals surface area contributed by atoms with E-state index in [2.05, 4.69) is 5.32 Å². The lowest BCUT2D eigenvalue weighted by atomic mass is 10.1. The average Bonchev–Trinajstić information content (AvgIpc) is 2.81. The molecule has 0 saturated heterocycles. The molecule has 3 aromatic rings. The first-order valence-corrected chi connectivity index (χ1v) is 14.3. The molecular weight excluding hydrogens is 510 g/mol. The molecule has 2 amide bonds. The minimum Gasteiger partial charge on any atom is -0.350 e. The number of amides is 2. The van der Waals surface area contributed by atoms with Gasteiger partial charge >= 0.3 is 0 Å². The van der Waals surface area contributed by atoms with Gasteiger partial charge in [0.25, 0.3) is 0 Å². The highest BCUT2D eigenvalue weighted by Crippen LogP contribution is 2.29. The third kappa shape index (κ3) is 7.46. The van der Waals surface area contributed by atoms with Crippen molar-refractivity contribution < 1.29 is 18.0 Å². The van der Waals surface area contributed by atoms with Crippen LogP contribution in [0.4, 0.5) is 5.69 Å². The number of fused-ring (bicyclic) bond motifs is 1. The van der Waals surface area contributed by atoms with Crippen molar-refractivity contribution in [2.75, 3.05) is 17.1 Å². The Kier molecular flexibility index (Phi) is 8.87. The zero-order valence-corrected chi connectivity index (χ0v) is 23.4. The molecule has 0 spiro atoms. The van der Waals surface area contributed by atoms with E-state index in [-0.39, 0.29) is 12.5 Å². The van der Waals surface area contributed by atoms with Gasteiger partial charge in [-0.1, -0.05) is 67.1 Å². The number of sulfonamides is 1. The van der Waals surface area contributed by atoms with Gasteiger partial charge in [-0.05, 0) is 56.3 Å². The fourth-order valence-corrected chi connectivity index (χ4v) is 5.17. The minimum atomic E-state index is -3.83. The van der Waals surface area contributed by atoms with Gasteiger partial charge in [-0.3, -0.25) is 13.9 Å². The van der Waals surface area contributed by atoms with Gasteiger partial charge in [0.2, 0.25) is 21.8 Å². The molecule has 0 saturated carbocycles. The number of nitrogens with one attached hydrogen (secondary N) is 1. The molecule has 0 fully saturated rings. The van der Waals surface area contributed by atoms with Gasteiger partial charge in [-0.25, -0.2) is 8.42 Å². The van der Waals surface area contributed by atoms with Crippen LogP contribution in [0, 0.1) is 0 Å². The number of hydrogen-bond donors (Lipinski definition) is 1. The molecule has 0 aliphatic heterocycles. The first-order valence-electron chi connectivity index (χ1n) is 12.1. The summed E-state index contributed by atoms with van der Waals surface area (Å²) in [7, 11) is -3.83. The predicted octanol–water partition coefficient (Wildman–Crippen LogP) is 4.98. The highest BCUT2D eigenvalue weighted by molar-refractivity contribution is 7.92. The quantitative estimate of drug-likeness (QED) is 0.412. The zero-order valence-electron chi connectivity index (χ0n) is 21.9. The molecule has 3 aromatic carbocycles. The van der Waals surface area contributed by atoms with E-state index in [0.29, 0.717) is 22.5 Å². The van der Waals surface area contributed by atoms with E-state index >= 15 is 0 Å². The normalized spacial score (nSPS) is 12.7. The van der Waals surface area contributed by atoms with Crippen LogP contribution in [0.2, 0.25) is 5.02 Å². The number of carbonyl (C=O) groups excluding carboxylic acids is 2. The number of hydrogen-bond acceptors (Lipinski definition) is 4. The topological polar surface area (TPSA) is 86.8 Å². The van der Waals surface area contributed by atoms with E-state index in [1.165, 1.54) is 4.90 Å². The lowest BCUT2D eigenvalue weighted by Gasteiger charge is -2.34. The van der Waals surface area contributed by atoms with Crippen LogP contribution in [0.25, 0.3) is 10.8 Å². The van der Waals surface area contributed by atoms with Crippen LogP contribution >= 0.6 is 11.6 Å². The monoisotopic (exact) mass is 543 g/mol. The summed E-state index contributed by atoms with van der Waals surface area (Å²) in [5.74, 6) is -0.780. The van der Waals surface area contributed by atoms with Crippen molar-refractivity contribution in [2.45, 2.75) is 52.2 Å². The first-order chi connectivity index (χ1) is 17.3. The maximum atomic E-state index is 13.9. The van der Waals surface area contributed by atoms with E-state index in [1.54, 1.807) is 36.4 Å². The molecule has 0 unspecified atom stereocenters. The number of nitrogens with zero attached hydrogens (tertiary/aromatic N) is 2.